The van der Waals surface area contributed by atoms with Gasteiger partial charge in [0.05, 0.1) is 12.8 Å². The second kappa shape index (κ2) is 4.72. The first-order chi connectivity index (χ1) is 10.0. The third-order valence-electron chi connectivity index (χ3n) is 4.63. The van der Waals surface area contributed by atoms with E-state index in [1.807, 2.05) is 26.0 Å². The van der Waals surface area contributed by atoms with Crippen molar-refractivity contribution in [3.63, 3.8) is 0 Å². The molecule has 0 spiro atoms. The van der Waals surface area contributed by atoms with Crippen molar-refractivity contribution in [2.24, 2.45) is 5.92 Å². The summed E-state index contributed by atoms with van der Waals surface area (Å²) in [6.45, 7) is 3.94. The van der Waals surface area contributed by atoms with Crippen LogP contribution in [0.2, 0.25) is 0 Å². The lowest BCUT2D eigenvalue weighted by atomic mass is 9.58. The molecule has 1 aromatic rings. The molecule has 2 bridgehead atoms. The summed E-state index contributed by atoms with van der Waals surface area (Å²) in [6, 6.07) is 3.62. The van der Waals surface area contributed by atoms with Crippen molar-refractivity contribution in [3.8, 4) is 5.88 Å². The molecule has 1 aromatic heterocycles. The Morgan fingerprint density at radius 2 is 2.29 bits per heavy atom. The summed E-state index contributed by atoms with van der Waals surface area (Å²) in [6.07, 6.45) is 5.40. The van der Waals surface area contributed by atoms with Gasteiger partial charge in [-0.05, 0) is 31.4 Å². The molecule has 0 saturated carbocycles. The summed E-state index contributed by atoms with van der Waals surface area (Å²) in [4.78, 5) is 16.7. The lowest BCUT2D eigenvalue weighted by Crippen LogP contribution is -2.46. The van der Waals surface area contributed by atoms with Crippen LogP contribution in [0, 0.1) is 5.92 Å². The first kappa shape index (κ1) is 13.9. The first-order valence-electron chi connectivity index (χ1n) is 7.14. The minimum absolute atomic E-state index is 0.118. The summed E-state index contributed by atoms with van der Waals surface area (Å²) in [7, 11) is 1.58. The largest absolute Gasteiger partial charge is 0.481 e. The van der Waals surface area contributed by atoms with E-state index in [9.17, 15) is 9.90 Å². The summed E-state index contributed by atoms with van der Waals surface area (Å²) >= 11 is 0. The van der Waals surface area contributed by atoms with Crippen LogP contribution < -0.4 is 4.74 Å². The Morgan fingerprint density at radius 3 is 2.90 bits per heavy atom. The summed E-state index contributed by atoms with van der Waals surface area (Å²) < 4.78 is 5.18. The molecule has 2 unspecified atom stereocenters. The quantitative estimate of drug-likeness (QED) is 0.849. The zero-order valence-corrected chi connectivity index (χ0v) is 12.5. The van der Waals surface area contributed by atoms with Crippen LogP contribution >= 0.6 is 0 Å². The van der Waals surface area contributed by atoms with Crippen LogP contribution in [0.1, 0.15) is 31.5 Å². The van der Waals surface area contributed by atoms with Crippen LogP contribution in [-0.2, 0) is 16.6 Å². The second-order valence-electron chi connectivity index (χ2n) is 5.80. The molecule has 2 aliphatic rings. The number of methoxy groups -OCH3 is 1. The van der Waals surface area contributed by atoms with Gasteiger partial charge in [-0.3, -0.25) is 4.79 Å². The molecule has 1 N–H and O–H groups in total. The number of allylic oxidation sites excluding steroid dienone is 3. The second-order valence-corrected chi connectivity index (χ2v) is 5.80. The molecule has 21 heavy (non-hydrogen) atoms. The van der Waals surface area contributed by atoms with E-state index in [1.54, 1.807) is 13.2 Å². The minimum Gasteiger partial charge on any atom is -0.481 e. The number of fused-ring (bicyclic) bond motifs is 4. The zero-order valence-electron chi connectivity index (χ0n) is 12.5. The van der Waals surface area contributed by atoms with Crippen LogP contribution in [0.4, 0.5) is 0 Å². The van der Waals surface area contributed by atoms with Gasteiger partial charge in [-0.1, -0.05) is 23.8 Å². The summed E-state index contributed by atoms with van der Waals surface area (Å²) in [5, 5.41) is 10.0. The average molecular weight is 285 g/mol. The Labute approximate surface area is 124 Å². The van der Waals surface area contributed by atoms with Gasteiger partial charge in [-0.2, -0.15) is 0 Å². The van der Waals surface area contributed by atoms with E-state index in [4.69, 9.17) is 4.74 Å². The number of carbonyl (C=O) groups is 1. The molecule has 2 aliphatic carbocycles. The van der Waals surface area contributed by atoms with E-state index >= 15 is 0 Å². The Kier molecular flexibility index (Phi) is 3.12. The van der Waals surface area contributed by atoms with Gasteiger partial charge in [-0.15, -0.1) is 0 Å². The molecule has 2 atom stereocenters. The maximum Gasteiger partial charge on any atom is 0.318 e. The fourth-order valence-corrected chi connectivity index (χ4v) is 3.87. The number of nitrogens with zero attached hydrogens (tertiary/aromatic N) is 1. The molecular formula is C17H19NO3. The van der Waals surface area contributed by atoms with Gasteiger partial charge in [-0.25, -0.2) is 4.98 Å². The van der Waals surface area contributed by atoms with E-state index in [1.165, 1.54) is 0 Å². The third-order valence-corrected chi connectivity index (χ3v) is 4.63. The number of hydrogen-bond donors (Lipinski definition) is 1. The van der Waals surface area contributed by atoms with Crippen LogP contribution in [0.25, 0.3) is 0 Å². The molecule has 4 heteroatoms. The Morgan fingerprint density at radius 1 is 1.52 bits per heavy atom. The van der Waals surface area contributed by atoms with Crippen LogP contribution in [0.5, 0.6) is 5.88 Å². The highest BCUT2D eigenvalue weighted by molar-refractivity contribution is 5.88. The Balaban J connectivity index is 2.30. The fraction of sp³-hybridized carbons (Fsp3) is 0.412. The van der Waals surface area contributed by atoms with Crippen LogP contribution in [-0.4, -0.2) is 23.2 Å². The predicted molar refractivity (Wildman–Crippen MR) is 79.4 cm³/mol. The number of ether oxygens (including phenoxy) is 1. The van der Waals surface area contributed by atoms with Crippen LogP contribution in [0.15, 0.2) is 35.4 Å². The topological polar surface area (TPSA) is 59.4 Å². The van der Waals surface area contributed by atoms with Gasteiger partial charge in [0, 0.05) is 18.4 Å². The van der Waals surface area contributed by atoms with Gasteiger partial charge in [0.25, 0.3) is 0 Å². The summed E-state index contributed by atoms with van der Waals surface area (Å²) in [5.74, 6) is -0.134. The van der Waals surface area contributed by atoms with E-state index < -0.39 is 11.4 Å². The summed E-state index contributed by atoms with van der Waals surface area (Å²) in [5.41, 5.74) is 2.81. The average Bonchev–Trinajstić information content (AvgIpc) is 2.45. The molecule has 0 fully saturated rings. The molecule has 110 valence electrons. The van der Waals surface area contributed by atoms with Gasteiger partial charge in [0.1, 0.15) is 5.41 Å². The van der Waals surface area contributed by atoms with Crippen molar-refractivity contribution in [2.75, 3.05) is 7.11 Å². The van der Waals surface area contributed by atoms with E-state index in [2.05, 4.69) is 11.1 Å². The van der Waals surface area contributed by atoms with Gasteiger partial charge in [0.15, 0.2) is 0 Å². The lowest BCUT2D eigenvalue weighted by molar-refractivity contribution is -0.142. The molecule has 0 saturated heterocycles. The van der Waals surface area contributed by atoms with Crippen LogP contribution in [0.3, 0.4) is 0 Å². The number of hydrogen-bond acceptors (Lipinski definition) is 3. The number of aromatic nitrogens is 1. The number of rotatable bonds is 2. The Hall–Kier alpha value is -2.10. The monoisotopic (exact) mass is 285 g/mol. The zero-order chi connectivity index (χ0) is 15.2. The highest BCUT2D eigenvalue weighted by Gasteiger charge is 2.52. The molecule has 3 rings (SSSR count). The molecule has 0 aromatic carbocycles. The first-order valence-corrected chi connectivity index (χ1v) is 7.14. The van der Waals surface area contributed by atoms with E-state index in [0.29, 0.717) is 12.3 Å². The molecular weight excluding hydrogens is 266 g/mol. The molecule has 0 radical (unpaired) electrons. The number of carboxylic acid groups (broad SMARTS) is 1. The Bertz CT molecular complexity index is 675. The molecule has 0 aliphatic heterocycles. The smallest absolute Gasteiger partial charge is 0.318 e. The normalized spacial score (nSPS) is 28.8. The van der Waals surface area contributed by atoms with Gasteiger partial charge < -0.3 is 9.84 Å². The number of aliphatic carboxylic acids is 1. The fourth-order valence-electron chi connectivity index (χ4n) is 3.87. The van der Waals surface area contributed by atoms with Crippen molar-refractivity contribution < 1.29 is 14.6 Å². The maximum atomic E-state index is 12.2. The highest BCUT2D eigenvalue weighted by Crippen LogP contribution is 2.51. The van der Waals surface area contributed by atoms with Crippen molar-refractivity contribution in [1.29, 1.82) is 0 Å². The molecule has 0 amide bonds. The van der Waals surface area contributed by atoms with Crippen molar-refractivity contribution in [2.45, 2.75) is 32.1 Å². The maximum absolute atomic E-state index is 12.2. The molecule has 4 nitrogen and oxygen atoms in total. The van der Waals surface area contributed by atoms with E-state index in [-0.39, 0.29) is 5.92 Å². The molecule has 1 heterocycles. The SMILES string of the molecule is C/C=C1/C2C=C(C)CC1(C(=O)O)c1ccc(OC)nc1C2. The predicted octanol–water partition coefficient (Wildman–Crippen LogP) is 2.88. The van der Waals surface area contributed by atoms with Gasteiger partial charge in [0.2, 0.25) is 5.88 Å². The standard InChI is InChI=1S/C17H19NO3/c1-4-12-11-7-10(2)9-17(12,16(19)20)13-5-6-15(21-3)18-14(13)8-11/h4-7,11H,8-9H2,1-3H3,(H,19,20)/b12-4-. The van der Waals surface area contributed by atoms with Gasteiger partial charge >= 0.3 is 5.97 Å². The van der Waals surface area contributed by atoms with Crippen molar-refractivity contribution in [1.82, 2.24) is 4.98 Å². The number of carboxylic acids is 1. The van der Waals surface area contributed by atoms with E-state index in [0.717, 1.165) is 28.8 Å². The lowest BCUT2D eigenvalue weighted by Gasteiger charge is -2.44. The number of pyridine rings is 1. The minimum atomic E-state index is -0.967. The van der Waals surface area contributed by atoms with Crippen molar-refractivity contribution in [3.05, 3.63) is 46.7 Å². The third kappa shape index (κ3) is 1.82. The highest BCUT2D eigenvalue weighted by atomic mass is 16.5. The van der Waals surface area contributed by atoms with Crippen molar-refractivity contribution >= 4 is 5.97 Å².